The molecule has 232 valence electrons. The van der Waals surface area contributed by atoms with Crippen molar-refractivity contribution in [3.63, 3.8) is 0 Å². The first-order valence-corrected chi connectivity index (χ1v) is 17.4. The molecule has 1 N–H and O–H groups in total. The number of piperidine rings is 1. The van der Waals surface area contributed by atoms with Crippen LogP contribution in [0.15, 0.2) is 46.0 Å². The van der Waals surface area contributed by atoms with Gasteiger partial charge in [-0.3, -0.25) is 4.99 Å². The molecular formula is C29H34ClFN4O6S2. The predicted octanol–water partition coefficient (Wildman–Crippen LogP) is 4.57. The van der Waals surface area contributed by atoms with Gasteiger partial charge in [0, 0.05) is 59.7 Å². The average Bonchev–Trinajstić information content (AvgIpc) is 3.67. The quantitative estimate of drug-likeness (QED) is 0.432. The highest BCUT2D eigenvalue weighted by Crippen LogP contribution is 2.41. The summed E-state index contributed by atoms with van der Waals surface area (Å²) < 4.78 is 59.6. The molecule has 1 aliphatic carbocycles. The molecule has 2 saturated heterocycles. The molecule has 2 unspecified atom stereocenters. The number of allylic oxidation sites excluding steroid dienone is 1. The third-order valence-corrected chi connectivity index (χ3v) is 11.6. The Bertz CT molecular complexity index is 1520. The van der Waals surface area contributed by atoms with Crippen molar-refractivity contribution in [3.05, 3.63) is 62.5 Å². The maximum Gasteiger partial charge on any atom is 0.338 e. The maximum atomic E-state index is 13.9. The molecule has 14 heteroatoms. The Balaban J connectivity index is 1.23. The second-order valence-electron chi connectivity index (χ2n) is 11.3. The van der Waals surface area contributed by atoms with Crippen LogP contribution in [0.3, 0.4) is 0 Å². The number of ether oxygens (including phenoxy) is 3. The van der Waals surface area contributed by atoms with Gasteiger partial charge >= 0.3 is 5.97 Å². The molecule has 10 nitrogen and oxygen atoms in total. The molecule has 3 fully saturated rings. The fourth-order valence-corrected chi connectivity index (χ4v) is 8.90. The lowest BCUT2D eigenvalue weighted by molar-refractivity contribution is -0.185. The minimum absolute atomic E-state index is 0.125. The van der Waals surface area contributed by atoms with Crippen LogP contribution in [0.5, 0.6) is 0 Å². The summed E-state index contributed by atoms with van der Waals surface area (Å²) >= 11 is 7.84. The van der Waals surface area contributed by atoms with Crippen LogP contribution in [0.1, 0.15) is 61.6 Å². The summed E-state index contributed by atoms with van der Waals surface area (Å²) in [7, 11) is -2.32. The minimum atomic E-state index is -3.61. The second kappa shape index (κ2) is 12.5. The van der Waals surface area contributed by atoms with E-state index < -0.39 is 39.7 Å². The number of methoxy groups -OCH3 is 1. The number of halogens is 2. The van der Waals surface area contributed by atoms with E-state index in [9.17, 15) is 17.6 Å². The second-order valence-corrected chi connectivity index (χ2v) is 14.6. The van der Waals surface area contributed by atoms with E-state index in [2.05, 4.69) is 10.3 Å². The summed E-state index contributed by atoms with van der Waals surface area (Å²) in [6.45, 7) is 0.829. The molecule has 1 spiro atoms. The molecule has 4 aliphatic rings. The normalized spacial score (nSPS) is 25.0. The third kappa shape index (κ3) is 6.38. The molecule has 3 aliphatic heterocycles. The molecular weight excluding hydrogens is 619 g/mol. The van der Waals surface area contributed by atoms with Crippen molar-refractivity contribution in [1.29, 1.82) is 0 Å². The van der Waals surface area contributed by atoms with Crippen molar-refractivity contribution in [1.82, 2.24) is 14.6 Å². The van der Waals surface area contributed by atoms with Crippen molar-refractivity contribution >= 4 is 44.8 Å². The van der Waals surface area contributed by atoms with Gasteiger partial charge < -0.3 is 19.5 Å². The Hall–Kier alpha value is -2.42. The van der Waals surface area contributed by atoms with Crippen molar-refractivity contribution in [2.75, 3.05) is 32.6 Å². The Morgan fingerprint density at radius 2 is 2.02 bits per heavy atom. The molecule has 0 bridgehead atoms. The van der Waals surface area contributed by atoms with Crippen LogP contribution < -0.4 is 5.32 Å². The Morgan fingerprint density at radius 1 is 1.26 bits per heavy atom. The van der Waals surface area contributed by atoms with Gasteiger partial charge in [0.2, 0.25) is 10.0 Å². The molecule has 2 aromatic rings. The number of benzene rings is 1. The van der Waals surface area contributed by atoms with E-state index in [-0.39, 0.29) is 42.0 Å². The van der Waals surface area contributed by atoms with Gasteiger partial charge in [0.1, 0.15) is 11.9 Å². The largest absolute Gasteiger partial charge is 0.466 e. The third-order valence-electron chi connectivity index (χ3n) is 8.55. The zero-order chi connectivity index (χ0) is 30.2. The van der Waals surface area contributed by atoms with Gasteiger partial charge in [0.15, 0.2) is 16.6 Å². The van der Waals surface area contributed by atoms with E-state index in [0.29, 0.717) is 34.9 Å². The highest BCUT2D eigenvalue weighted by atomic mass is 35.5. The fourth-order valence-electron chi connectivity index (χ4n) is 6.43. The van der Waals surface area contributed by atoms with E-state index in [1.54, 1.807) is 6.20 Å². The number of carbonyl (C=O) groups excluding carboxylic acids is 1. The van der Waals surface area contributed by atoms with Gasteiger partial charge in [-0.1, -0.05) is 24.1 Å². The highest BCUT2D eigenvalue weighted by Gasteiger charge is 2.45. The minimum Gasteiger partial charge on any atom is -0.466 e. The first-order valence-electron chi connectivity index (χ1n) is 14.5. The van der Waals surface area contributed by atoms with E-state index in [0.717, 1.165) is 32.1 Å². The number of nitrogens with zero attached hydrogens (tertiary/aromatic N) is 3. The molecule has 1 saturated carbocycles. The van der Waals surface area contributed by atoms with E-state index in [1.165, 1.54) is 41.0 Å². The Labute approximate surface area is 259 Å². The molecule has 1 aromatic heterocycles. The van der Waals surface area contributed by atoms with Gasteiger partial charge in [-0.15, -0.1) is 11.3 Å². The Morgan fingerprint density at radius 3 is 2.70 bits per heavy atom. The predicted molar refractivity (Wildman–Crippen MR) is 160 cm³/mol. The first kappa shape index (κ1) is 30.6. The number of rotatable bonds is 7. The SMILES string of the molecule is COC(=O)C1=C(C2CCN(S(=O)(=O)CC3COC4(CCCCC4)O3)CC2)NC(c2nccs2)=NC1c1ccc(F)cc1Cl. The van der Waals surface area contributed by atoms with Crippen molar-refractivity contribution < 1.29 is 31.8 Å². The van der Waals surface area contributed by atoms with Gasteiger partial charge in [-0.05, 0) is 37.8 Å². The monoisotopic (exact) mass is 652 g/mol. The Kier molecular flexibility index (Phi) is 8.91. The smallest absolute Gasteiger partial charge is 0.338 e. The zero-order valence-electron chi connectivity index (χ0n) is 23.8. The number of hydrogen-bond donors (Lipinski definition) is 1. The standard InChI is InChI=1S/C29H34ClFN4O6S2/c1-39-28(36)23-24(33-26(27-32-11-14-42-27)34-25(23)21-6-5-19(31)15-22(21)30)18-7-12-35(13-8-18)43(37,38)17-20-16-40-29(41-20)9-3-2-4-10-29/h5-6,11,14-15,18,20,25H,2-4,7-10,12-13,16-17H2,1H3,(H,33,34). The van der Waals surface area contributed by atoms with Crippen LogP contribution in [0, 0.1) is 11.7 Å². The summed E-state index contributed by atoms with van der Waals surface area (Å²) in [6, 6.07) is 3.10. The highest BCUT2D eigenvalue weighted by molar-refractivity contribution is 7.89. The van der Waals surface area contributed by atoms with E-state index in [1.807, 2.05) is 5.38 Å². The van der Waals surface area contributed by atoms with Gasteiger partial charge in [-0.25, -0.2) is 26.9 Å². The van der Waals surface area contributed by atoms with E-state index >= 15 is 0 Å². The molecule has 0 radical (unpaired) electrons. The molecule has 4 heterocycles. The number of aromatic nitrogens is 1. The van der Waals surface area contributed by atoms with E-state index in [4.69, 9.17) is 30.8 Å². The van der Waals surface area contributed by atoms with Crippen molar-refractivity contribution in [2.24, 2.45) is 10.9 Å². The number of thiazole rings is 1. The number of aliphatic imine (C=N–C) groups is 1. The summed E-state index contributed by atoms with van der Waals surface area (Å²) in [6.07, 6.45) is 6.87. The van der Waals surface area contributed by atoms with Crippen molar-refractivity contribution in [3.8, 4) is 0 Å². The topological polar surface area (TPSA) is 119 Å². The number of esters is 1. The lowest BCUT2D eigenvalue weighted by Gasteiger charge is -2.36. The fraction of sp³-hybridized carbons (Fsp3) is 0.552. The number of nitrogens with one attached hydrogen (secondary N) is 1. The van der Waals surface area contributed by atoms with Crippen LogP contribution in [0.4, 0.5) is 4.39 Å². The van der Waals surface area contributed by atoms with Crippen LogP contribution >= 0.6 is 22.9 Å². The summed E-state index contributed by atoms with van der Waals surface area (Å²) in [5.41, 5.74) is 1.29. The number of sulfonamides is 1. The zero-order valence-corrected chi connectivity index (χ0v) is 26.1. The molecule has 1 aromatic carbocycles. The number of hydrogen-bond acceptors (Lipinski definition) is 10. The van der Waals surface area contributed by atoms with Gasteiger partial charge in [-0.2, -0.15) is 0 Å². The van der Waals surface area contributed by atoms with Crippen molar-refractivity contribution in [2.45, 2.75) is 62.9 Å². The summed E-state index contributed by atoms with van der Waals surface area (Å²) in [5, 5.41) is 5.88. The maximum absolute atomic E-state index is 13.9. The summed E-state index contributed by atoms with van der Waals surface area (Å²) in [5.74, 6) is -1.61. The molecule has 2 atom stereocenters. The lowest BCUT2D eigenvalue weighted by atomic mass is 9.86. The number of carbonyl (C=O) groups is 1. The molecule has 43 heavy (non-hydrogen) atoms. The molecule has 6 rings (SSSR count). The molecule has 0 amide bonds. The van der Waals surface area contributed by atoms with Crippen LogP contribution in [0.2, 0.25) is 5.02 Å². The average molecular weight is 653 g/mol. The van der Waals surface area contributed by atoms with Crippen LogP contribution in [-0.2, 0) is 29.0 Å². The summed E-state index contributed by atoms with van der Waals surface area (Å²) in [4.78, 5) is 22.4. The van der Waals surface area contributed by atoms with Gasteiger partial charge in [0.05, 0.1) is 31.1 Å². The lowest BCUT2D eigenvalue weighted by Crippen LogP contribution is -2.45. The first-order chi connectivity index (χ1) is 20.7. The van der Waals surface area contributed by atoms with Crippen LogP contribution in [-0.4, -0.2) is 74.0 Å². The number of amidine groups is 1. The van der Waals surface area contributed by atoms with Crippen LogP contribution in [0.25, 0.3) is 0 Å². The van der Waals surface area contributed by atoms with Gasteiger partial charge in [0.25, 0.3) is 0 Å².